The van der Waals surface area contributed by atoms with Crippen LogP contribution in [-0.4, -0.2) is 72.9 Å². The number of anilines is 1. The number of hydrogen-bond acceptors (Lipinski definition) is 10. The lowest BCUT2D eigenvalue weighted by molar-refractivity contribution is -0.164. The molecular formula is C23H31N5O7. The fourth-order valence-corrected chi connectivity index (χ4v) is 3.81. The summed E-state index contributed by atoms with van der Waals surface area (Å²) in [4.78, 5) is 33.5. The molecule has 0 aliphatic carbocycles. The zero-order valence-electron chi connectivity index (χ0n) is 20.3. The van der Waals surface area contributed by atoms with E-state index in [9.17, 15) is 19.8 Å². The number of rotatable bonds is 6. The van der Waals surface area contributed by atoms with E-state index in [1.165, 1.54) is 10.9 Å². The van der Waals surface area contributed by atoms with Gasteiger partial charge in [0.15, 0.2) is 12.3 Å². The molecule has 1 saturated heterocycles. The van der Waals surface area contributed by atoms with Crippen molar-refractivity contribution in [3.8, 4) is 12.3 Å². The number of carbonyl (C=O) groups excluding carboxylic acids is 2. The molecule has 1 aliphatic rings. The summed E-state index contributed by atoms with van der Waals surface area (Å²) in [6.45, 7) is 7.85. The van der Waals surface area contributed by atoms with E-state index in [0.717, 1.165) is 0 Å². The maximum absolute atomic E-state index is 13.1. The van der Waals surface area contributed by atoms with Crippen molar-refractivity contribution in [3.05, 3.63) is 18.6 Å². The molecule has 3 rings (SSSR count). The number of carbonyl (C=O) groups is 2. The second kappa shape index (κ2) is 9.69. The fourth-order valence-electron chi connectivity index (χ4n) is 3.81. The number of fused-ring (bicyclic) bond motifs is 1. The first-order valence-electron chi connectivity index (χ1n) is 11.1. The monoisotopic (exact) mass is 489 g/mol. The lowest BCUT2D eigenvalue weighted by Crippen LogP contribution is -2.53. The second-order valence-electron chi connectivity index (χ2n) is 9.62. The van der Waals surface area contributed by atoms with Crippen LogP contribution in [0.25, 0.3) is 11.0 Å². The Morgan fingerprint density at radius 1 is 1.40 bits per heavy atom. The van der Waals surface area contributed by atoms with Crippen LogP contribution < -0.4 is 11.1 Å². The molecule has 12 heteroatoms. The Morgan fingerprint density at radius 2 is 2.09 bits per heavy atom. The first-order chi connectivity index (χ1) is 16.3. The van der Waals surface area contributed by atoms with Crippen molar-refractivity contribution < 1.29 is 34.0 Å². The van der Waals surface area contributed by atoms with Crippen LogP contribution in [0.2, 0.25) is 0 Å². The Morgan fingerprint density at radius 3 is 2.66 bits per heavy atom. The molecule has 2 aromatic rings. The first kappa shape index (κ1) is 26.2. The summed E-state index contributed by atoms with van der Waals surface area (Å²) < 4.78 is 18.1. The number of nitrogen functional groups attached to an aromatic ring is 1. The first-order valence-corrected chi connectivity index (χ1v) is 11.1. The largest absolute Gasteiger partial charge is 0.454 e. The highest BCUT2D eigenvalue weighted by atomic mass is 16.6. The van der Waals surface area contributed by atoms with Gasteiger partial charge in [-0.1, -0.05) is 19.8 Å². The number of aliphatic hydroxyl groups excluding tert-OH is 1. The molecule has 2 aromatic heterocycles. The van der Waals surface area contributed by atoms with Crippen LogP contribution in [-0.2, 0) is 19.0 Å². The fraction of sp³-hybridized carbons (Fsp3) is 0.565. The van der Waals surface area contributed by atoms with Crippen LogP contribution in [0.4, 0.5) is 10.6 Å². The van der Waals surface area contributed by atoms with Gasteiger partial charge < -0.3 is 40.0 Å². The molecule has 1 fully saturated rings. The topological polar surface area (TPSA) is 171 Å². The van der Waals surface area contributed by atoms with Gasteiger partial charge in [0.05, 0.1) is 12.0 Å². The molecule has 190 valence electrons. The van der Waals surface area contributed by atoms with Gasteiger partial charge >= 0.3 is 12.1 Å². The number of ether oxygens (including phenoxy) is 3. The van der Waals surface area contributed by atoms with Crippen molar-refractivity contribution in [3.63, 3.8) is 0 Å². The molecule has 0 radical (unpaired) electrons. The normalized spacial score (nSPS) is 25.3. The minimum Gasteiger partial charge on any atom is -0.454 e. The van der Waals surface area contributed by atoms with Gasteiger partial charge in [-0.05, 0) is 32.8 Å². The molecule has 0 aromatic carbocycles. The van der Waals surface area contributed by atoms with Gasteiger partial charge in [0, 0.05) is 6.20 Å². The molecule has 12 nitrogen and oxygen atoms in total. The number of esters is 1. The van der Waals surface area contributed by atoms with Crippen molar-refractivity contribution in [1.82, 2.24) is 19.9 Å². The van der Waals surface area contributed by atoms with Gasteiger partial charge in [0.1, 0.15) is 35.5 Å². The van der Waals surface area contributed by atoms with E-state index in [-0.39, 0.29) is 5.82 Å². The van der Waals surface area contributed by atoms with Crippen LogP contribution in [0.1, 0.15) is 40.8 Å². The number of nitrogens with zero attached hydrogens (tertiary/aromatic N) is 3. The summed E-state index contributed by atoms with van der Waals surface area (Å²) in [5, 5.41) is 24.4. The Kier molecular flexibility index (Phi) is 7.26. The summed E-state index contributed by atoms with van der Waals surface area (Å²) in [6, 6.07) is 0.503. The quantitative estimate of drug-likeness (QED) is 0.335. The molecule has 1 amide bonds. The summed E-state index contributed by atoms with van der Waals surface area (Å²) in [7, 11) is 0. The highest BCUT2D eigenvalue weighted by molar-refractivity contribution is 5.86. The minimum atomic E-state index is -2.19. The molecule has 0 saturated carbocycles. The molecule has 35 heavy (non-hydrogen) atoms. The highest BCUT2D eigenvalue weighted by Gasteiger charge is 2.59. The molecular weight excluding hydrogens is 458 g/mol. The van der Waals surface area contributed by atoms with Crippen LogP contribution in [0.3, 0.4) is 0 Å². The Labute approximate surface area is 202 Å². The third kappa shape index (κ3) is 5.17. The molecule has 5 atom stereocenters. The Hall–Kier alpha value is -3.40. The van der Waals surface area contributed by atoms with Gasteiger partial charge in [-0.2, -0.15) is 0 Å². The molecule has 0 spiro atoms. The lowest BCUT2D eigenvalue weighted by atomic mass is 9.94. The van der Waals surface area contributed by atoms with E-state index in [2.05, 4.69) is 21.2 Å². The zero-order valence-corrected chi connectivity index (χ0v) is 20.3. The van der Waals surface area contributed by atoms with E-state index >= 15 is 0 Å². The maximum Gasteiger partial charge on any atom is 0.408 e. The van der Waals surface area contributed by atoms with Gasteiger partial charge in [0.2, 0.25) is 5.60 Å². The number of aliphatic hydroxyl groups is 2. The van der Waals surface area contributed by atoms with Gasteiger partial charge in [-0.25, -0.2) is 19.6 Å². The molecule has 3 heterocycles. The smallest absolute Gasteiger partial charge is 0.408 e. The van der Waals surface area contributed by atoms with E-state index < -0.39 is 60.3 Å². The second-order valence-corrected chi connectivity index (χ2v) is 9.62. The summed E-state index contributed by atoms with van der Waals surface area (Å²) >= 11 is 0. The third-order valence-corrected chi connectivity index (χ3v) is 5.49. The Bertz CT molecular complexity index is 1140. The molecule has 0 bridgehead atoms. The molecule has 5 N–H and O–H groups in total. The van der Waals surface area contributed by atoms with Gasteiger partial charge in [0.25, 0.3) is 0 Å². The SMILES string of the molecule is C#C[C@@]1(O)[C@H](OC(=O)[C@@H](NC(=O)OC(C)(C)C)C(C)C)[C@@H](CO)O[C@H]1n1ccc2c(N)ncnc21. The predicted octanol–water partition coefficient (Wildman–Crippen LogP) is 0.729. The van der Waals surface area contributed by atoms with Gasteiger partial charge in [-0.15, -0.1) is 6.42 Å². The van der Waals surface area contributed by atoms with Crippen molar-refractivity contribution in [2.24, 2.45) is 5.92 Å². The standard InChI is InChI=1S/C23H31N5O7/c1-7-23(32)16(34-19(30)15(12(2)3)27-21(31)35-22(4,5)6)14(10-29)33-20(23)28-9-8-13-17(24)25-11-26-18(13)28/h1,8-9,11-12,14-16,20,29,32H,10H2,2-6H3,(H,27,31)(H2,24,25,26)/t14-,15+,16-,20-,23-/m1/s1. The van der Waals surface area contributed by atoms with Crippen molar-refractivity contribution in [2.75, 3.05) is 12.3 Å². The third-order valence-electron chi connectivity index (χ3n) is 5.49. The number of aromatic nitrogens is 3. The molecule has 0 unspecified atom stereocenters. The maximum atomic E-state index is 13.1. The average molecular weight is 490 g/mol. The molecule has 1 aliphatic heterocycles. The number of terminal acetylenes is 1. The summed E-state index contributed by atoms with van der Waals surface area (Å²) in [5.41, 5.74) is 3.25. The lowest BCUT2D eigenvalue weighted by Gasteiger charge is -2.31. The van der Waals surface area contributed by atoms with Gasteiger partial charge in [-0.3, -0.25) is 0 Å². The van der Waals surface area contributed by atoms with Crippen LogP contribution in [0.15, 0.2) is 18.6 Å². The minimum absolute atomic E-state index is 0.214. The van der Waals surface area contributed by atoms with E-state index in [4.69, 9.17) is 26.4 Å². The van der Waals surface area contributed by atoms with Crippen LogP contribution >= 0.6 is 0 Å². The van der Waals surface area contributed by atoms with E-state index in [0.29, 0.717) is 11.0 Å². The number of hydrogen-bond donors (Lipinski definition) is 4. The summed E-state index contributed by atoms with van der Waals surface area (Å²) in [6.07, 6.45) is 3.77. The Balaban J connectivity index is 1.90. The zero-order chi connectivity index (χ0) is 26.1. The number of nitrogens with one attached hydrogen (secondary N) is 1. The summed E-state index contributed by atoms with van der Waals surface area (Å²) in [5.74, 6) is 1.19. The van der Waals surface area contributed by atoms with E-state index in [1.807, 2.05) is 0 Å². The highest BCUT2D eigenvalue weighted by Crippen LogP contribution is 2.41. The van der Waals surface area contributed by atoms with Crippen molar-refractivity contribution in [1.29, 1.82) is 0 Å². The number of alkyl carbamates (subject to hydrolysis) is 1. The number of amides is 1. The number of nitrogens with two attached hydrogens (primary N) is 1. The van der Waals surface area contributed by atoms with Crippen molar-refractivity contribution >= 4 is 28.9 Å². The predicted molar refractivity (Wildman–Crippen MR) is 125 cm³/mol. The van der Waals surface area contributed by atoms with Crippen LogP contribution in [0.5, 0.6) is 0 Å². The average Bonchev–Trinajstić information content (AvgIpc) is 3.31. The van der Waals surface area contributed by atoms with Crippen molar-refractivity contribution in [2.45, 2.75) is 70.3 Å². The van der Waals surface area contributed by atoms with Crippen LogP contribution in [0, 0.1) is 18.3 Å². The van der Waals surface area contributed by atoms with E-state index in [1.54, 1.807) is 46.9 Å².